The number of piperazine rings is 1. The summed E-state index contributed by atoms with van der Waals surface area (Å²) >= 11 is 0. The number of hydrogen-bond acceptors (Lipinski definition) is 4. The third-order valence-corrected chi connectivity index (χ3v) is 7.50. The number of hydrogen-bond donors (Lipinski definition) is 0. The van der Waals surface area contributed by atoms with Crippen LogP contribution in [0.2, 0.25) is 0 Å². The van der Waals surface area contributed by atoms with Gasteiger partial charge in [-0.25, -0.2) is 13.1 Å². The highest BCUT2D eigenvalue weighted by atomic mass is 32.2. The van der Waals surface area contributed by atoms with Gasteiger partial charge in [-0.15, -0.1) is 0 Å². The predicted octanol–water partition coefficient (Wildman–Crippen LogP) is 4.02. The van der Waals surface area contributed by atoms with E-state index in [1.807, 2.05) is 48.9 Å². The van der Waals surface area contributed by atoms with Crippen LogP contribution in [0.15, 0.2) is 59.5 Å². The normalized spacial score (nSPS) is 15.8. The van der Waals surface area contributed by atoms with E-state index in [1.54, 1.807) is 0 Å². The van der Waals surface area contributed by atoms with Gasteiger partial charge in [-0.2, -0.15) is 22.6 Å². The summed E-state index contributed by atoms with van der Waals surface area (Å²) < 4.78 is 68.1. The second-order valence-electron chi connectivity index (χ2n) is 7.68. The van der Waals surface area contributed by atoms with Crippen LogP contribution >= 0.6 is 0 Å². The Hall–Kier alpha value is -2.85. The lowest BCUT2D eigenvalue weighted by Crippen LogP contribution is -2.49. The van der Waals surface area contributed by atoms with Gasteiger partial charge in [-0.3, -0.25) is 0 Å². The molecule has 0 aliphatic carbocycles. The Morgan fingerprint density at radius 2 is 1.56 bits per heavy atom. The molecule has 0 spiro atoms. The van der Waals surface area contributed by atoms with Crippen LogP contribution in [0.3, 0.4) is 0 Å². The standard InChI is InChI=1S/C22H23F3N4O2S/c1-16-21(17(2)29(26-16)19-8-4-3-5-9-19)27-11-13-28(14-12-27)32(30,31)20-10-6-7-18(15-20)22(23,24)25/h3-10,15H,11-14H2,1-2H3. The highest BCUT2D eigenvalue weighted by molar-refractivity contribution is 7.89. The number of nitrogens with zero attached hydrogens (tertiary/aromatic N) is 4. The largest absolute Gasteiger partial charge is 0.416 e. The number of aromatic nitrogens is 2. The molecule has 2 heterocycles. The number of alkyl halides is 3. The first-order chi connectivity index (χ1) is 15.1. The second kappa shape index (κ2) is 8.25. The number of para-hydroxylation sites is 1. The van der Waals surface area contributed by atoms with Gasteiger partial charge in [0.05, 0.1) is 33.2 Å². The van der Waals surface area contributed by atoms with Crippen LogP contribution in [0.5, 0.6) is 0 Å². The van der Waals surface area contributed by atoms with Crippen molar-refractivity contribution in [2.45, 2.75) is 24.9 Å². The highest BCUT2D eigenvalue weighted by Gasteiger charge is 2.34. The molecule has 0 amide bonds. The van der Waals surface area contributed by atoms with Crippen molar-refractivity contribution in [1.82, 2.24) is 14.1 Å². The van der Waals surface area contributed by atoms with Crippen molar-refractivity contribution in [2.75, 3.05) is 31.1 Å². The molecule has 4 rings (SSSR count). The molecular weight excluding hydrogens is 441 g/mol. The Bertz CT molecular complexity index is 1220. The maximum Gasteiger partial charge on any atom is 0.416 e. The quantitative estimate of drug-likeness (QED) is 0.585. The fourth-order valence-electron chi connectivity index (χ4n) is 4.05. The molecule has 0 N–H and O–H groups in total. The van der Waals surface area contributed by atoms with Gasteiger partial charge in [0.25, 0.3) is 0 Å². The van der Waals surface area contributed by atoms with E-state index in [0.29, 0.717) is 19.2 Å². The molecule has 0 atom stereocenters. The molecule has 0 radical (unpaired) electrons. The topological polar surface area (TPSA) is 58.4 Å². The summed E-state index contributed by atoms with van der Waals surface area (Å²) in [5, 5.41) is 4.64. The van der Waals surface area contributed by atoms with Crippen molar-refractivity contribution < 1.29 is 21.6 Å². The number of benzene rings is 2. The van der Waals surface area contributed by atoms with E-state index in [0.717, 1.165) is 34.9 Å². The first-order valence-electron chi connectivity index (χ1n) is 10.1. The number of rotatable bonds is 4. The number of halogens is 3. The second-order valence-corrected chi connectivity index (χ2v) is 9.62. The van der Waals surface area contributed by atoms with Gasteiger partial charge in [0.15, 0.2) is 0 Å². The summed E-state index contributed by atoms with van der Waals surface area (Å²) in [5.74, 6) is 0. The molecular formula is C22H23F3N4O2S. The molecule has 0 saturated carbocycles. The van der Waals surface area contributed by atoms with E-state index < -0.39 is 21.8 Å². The minimum Gasteiger partial charge on any atom is -0.366 e. The maximum atomic E-state index is 13.0. The van der Waals surface area contributed by atoms with Crippen LogP contribution in [0.4, 0.5) is 18.9 Å². The molecule has 1 aliphatic rings. The van der Waals surface area contributed by atoms with Gasteiger partial charge in [-0.1, -0.05) is 24.3 Å². The van der Waals surface area contributed by atoms with E-state index in [2.05, 4.69) is 10.00 Å². The zero-order valence-electron chi connectivity index (χ0n) is 17.7. The molecule has 1 saturated heterocycles. The molecule has 1 aliphatic heterocycles. The van der Waals surface area contributed by atoms with E-state index in [-0.39, 0.29) is 18.0 Å². The zero-order valence-corrected chi connectivity index (χ0v) is 18.5. The third-order valence-electron chi connectivity index (χ3n) is 5.61. The molecule has 1 fully saturated rings. The predicted molar refractivity (Wildman–Crippen MR) is 115 cm³/mol. The van der Waals surface area contributed by atoms with Crippen LogP contribution in [0.1, 0.15) is 17.0 Å². The van der Waals surface area contributed by atoms with Crippen molar-refractivity contribution in [2.24, 2.45) is 0 Å². The summed E-state index contributed by atoms with van der Waals surface area (Å²) in [6.45, 7) is 5.06. The molecule has 32 heavy (non-hydrogen) atoms. The fourth-order valence-corrected chi connectivity index (χ4v) is 5.52. The molecule has 1 aromatic heterocycles. The summed E-state index contributed by atoms with van der Waals surface area (Å²) in [4.78, 5) is 1.74. The molecule has 170 valence electrons. The van der Waals surface area contributed by atoms with Gasteiger partial charge >= 0.3 is 6.18 Å². The molecule has 0 unspecified atom stereocenters. The van der Waals surface area contributed by atoms with Crippen molar-refractivity contribution in [1.29, 1.82) is 0 Å². The molecule has 10 heteroatoms. The first kappa shape index (κ1) is 22.3. The molecule has 6 nitrogen and oxygen atoms in total. The van der Waals surface area contributed by atoms with Gasteiger partial charge in [0, 0.05) is 26.2 Å². The molecule has 0 bridgehead atoms. The highest BCUT2D eigenvalue weighted by Crippen LogP contribution is 2.32. The van der Waals surface area contributed by atoms with Crippen molar-refractivity contribution in [3.8, 4) is 5.69 Å². The molecule has 2 aromatic carbocycles. The average molecular weight is 465 g/mol. The zero-order chi connectivity index (χ0) is 23.1. The lowest BCUT2D eigenvalue weighted by atomic mass is 10.2. The number of sulfonamides is 1. The van der Waals surface area contributed by atoms with Crippen LogP contribution in [-0.2, 0) is 16.2 Å². The Balaban J connectivity index is 1.53. The summed E-state index contributed by atoms with van der Waals surface area (Å²) in [5.41, 5.74) is 2.69. The average Bonchev–Trinajstić information content (AvgIpc) is 3.08. The van der Waals surface area contributed by atoms with Crippen LogP contribution in [0.25, 0.3) is 5.69 Å². The Kier molecular flexibility index (Phi) is 5.76. The molecule has 3 aromatic rings. The summed E-state index contributed by atoms with van der Waals surface area (Å²) in [6, 6.07) is 13.6. The van der Waals surface area contributed by atoms with Gasteiger partial charge in [0.1, 0.15) is 0 Å². The van der Waals surface area contributed by atoms with Gasteiger partial charge in [0.2, 0.25) is 10.0 Å². The fraction of sp³-hybridized carbons (Fsp3) is 0.318. The Morgan fingerprint density at radius 3 is 2.19 bits per heavy atom. The minimum absolute atomic E-state index is 0.175. The third kappa shape index (κ3) is 4.12. The van der Waals surface area contributed by atoms with E-state index in [1.165, 1.54) is 10.4 Å². The lowest BCUT2D eigenvalue weighted by Gasteiger charge is -2.35. The monoisotopic (exact) mass is 464 g/mol. The first-order valence-corrected chi connectivity index (χ1v) is 11.6. The van der Waals surface area contributed by atoms with Crippen LogP contribution in [-0.4, -0.2) is 48.7 Å². The summed E-state index contributed by atoms with van der Waals surface area (Å²) in [6.07, 6.45) is -4.60. The number of anilines is 1. The van der Waals surface area contributed by atoms with Crippen LogP contribution < -0.4 is 4.90 Å². The van der Waals surface area contributed by atoms with E-state index >= 15 is 0 Å². The SMILES string of the molecule is Cc1nn(-c2ccccc2)c(C)c1N1CCN(S(=O)(=O)c2cccc(C(F)(F)F)c2)CC1. The Labute approximate surface area is 184 Å². The summed E-state index contributed by atoms with van der Waals surface area (Å²) in [7, 11) is -4.02. The lowest BCUT2D eigenvalue weighted by molar-refractivity contribution is -0.137. The van der Waals surface area contributed by atoms with E-state index in [9.17, 15) is 21.6 Å². The van der Waals surface area contributed by atoms with Crippen molar-refractivity contribution in [3.05, 3.63) is 71.5 Å². The van der Waals surface area contributed by atoms with Gasteiger partial charge in [-0.05, 0) is 44.2 Å². The minimum atomic E-state index is -4.60. The van der Waals surface area contributed by atoms with Crippen LogP contribution in [0, 0.1) is 13.8 Å². The van der Waals surface area contributed by atoms with Gasteiger partial charge < -0.3 is 4.90 Å². The number of aryl methyl sites for hydroxylation is 1. The van der Waals surface area contributed by atoms with Crippen molar-refractivity contribution in [3.63, 3.8) is 0 Å². The van der Waals surface area contributed by atoms with Crippen molar-refractivity contribution >= 4 is 15.7 Å². The smallest absolute Gasteiger partial charge is 0.366 e. The van der Waals surface area contributed by atoms with E-state index in [4.69, 9.17) is 0 Å². The Morgan fingerprint density at radius 1 is 0.906 bits per heavy atom. The maximum absolute atomic E-state index is 13.0.